The summed E-state index contributed by atoms with van der Waals surface area (Å²) in [6.45, 7) is 7.51. The Bertz CT molecular complexity index is 910. The van der Waals surface area contributed by atoms with Gasteiger partial charge in [0.15, 0.2) is 0 Å². The molecule has 0 bridgehead atoms. The molecule has 0 atom stereocenters. The van der Waals surface area contributed by atoms with Gasteiger partial charge in [0.05, 0.1) is 12.2 Å². The fraction of sp³-hybridized carbons (Fsp3) is 0.565. The third-order valence-corrected chi connectivity index (χ3v) is 6.52. The van der Waals surface area contributed by atoms with Gasteiger partial charge in [-0.1, -0.05) is 12.8 Å². The van der Waals surface area contributed by atoms with Crippen molar-refractivity contribution in [3.05, 3.63) is 35.5 Å². The molecule has 1 aromatic carbocycles. The summed E-state index contributed by atoms with van der Waals surface area (Å²) in [5.74, 6) is 1.70. The summed E-state index contributed by atoms with van der Waals surface area (Å²) in [5.41, 5.74) is 4.39. The number of azo groups is 1. The molecule has 1 aromatic heterocycles. The van der Waals surface area contributed by atoms with E-state index in [1.54, 1.807) is 0 Å². The van der Waals surface area contributed by atoms with E-state index in [-0.39, 0.29) is 0 Å². The lowest BCUT2D eigenvalue weighted by Gasteiger charge is -2.34. The van der Waals surface area contributed by atoms with Gasteiger partial charge in [-0.05, 0) is 44.2 Å². The monoisotopic (exact) mass is 420 g/mol. The maximum atomic E-state index is 4.95. The van der Waals surface area contributed by atoms with E-state index in [0.29, 0.717) is 13.1 Å². The van der Waals surface area contributed by atoms with Crippen molar-refractivity contribution in [2.24, 2.45) is 10.2 Å². The van der Waals surface area contributed by atoms with Crippen molar-refractivity contribution in [1.82, 2.24) is 14.9 Å². The molecule has 0 radical (unpaired) electrons. The van der Waals surface area contributed by atoms with Gasteiger partial charge in [-0.15, -0.1) is 0 Å². The predicted molar refractivity (Wildman–Crippen MR) is 124 cm³/mol. The first-order valence-corrected chi connectivity index (χ1v) is 11.5. The number of aromatic nitrogens is 2. The Balaban J connectivity index is 1.37. The molecule has 2 fully saturated rings. The summed E-state index contributed by atoms with van der Waals surface area (Å²) in [6, 6.07) is 8.71. The van der Waals surface area contributed by atoms with Crippen LogP contribution in [0.2, 0.25) is 0 Å². The van der Waals surface area contributed by atoms with E-state index in [2.05, 4.69) is 61.6 Å². The Morgan fingerprint density at radius 3 is 2.19 bits per heavy atom. The second-order valence-corrected chi connectivity index (χ2v) is 8.76. The third-order valence-electron chi connectivity index (χ3n) is 6.52. The van der Waals surface area contributed by atoms with Gasteiger partial charge < -0.3 is 20.0 Å². The lowest BCUT2D eigenvalue weighted by molar-refractivity contribution is 0.313. The van der Waals surface area contributed by atoms with Crippen LogP contribution in [0.3, 0.4) is 0 Å². The summed E-state index contributed by atoms with van der Waals surface area (Å²) in [7, 11) is 2.19. The standard InChI is InChI=1S/C23H32N8/c1-29-12-14-30(15-13-29)19-8-6-18(7-9-19)26-22-20-16-24-25-17-21(20)27-23(28-22)31-10-4-2-3-5-11-31/h6-9H,2-5,10-17H2,1H3,(H,26,27,28). The predicted octanol–water partition coefficient (Wildman–Crippen LogP) is 3.82. The van der Waals surface area contributed by atoms with Crippen molar-refractivity contribution in [1.29, 1.82) is 0 Å². The largest absolute Gasteiger partial charge is 0.369 e. The van der Waals surface area contributed by atoms with Crippen molar-refractivity contribution in [3.8, 4) is 0 Å². The van der Waals surface area contributed by atoms with Crippen molar-refractivity contribution < 1.29 is 0 Å². The minimum Gasteiger partial charge on any atom is -0.369 e. The molecule has 8 heteroatoms. The van der Waals surface area contributed by atoms with Crippen LogP contribution in [0.15, 0.2) is 34.5 Å². The molecule has 1 N–H and O–H groups in total. The topological polar surface area (TPSA) is 72.2 Å². The molecule has 8 nitrogen and oxygen atoms in total. The summed E-state index contributed by atoms with van der Waals surface area (Å²) in [6.07, 6.45) is 4.99. The van der Waals surface area contributed by atoms with Gasteiger partial charge in [0.25, 0.3) is 0 Å². The minimum absolute atomic E-state index is 0.537. The zero-order chi connectivity index (χ0) is 21.0. The Morgan fingerprint density at radius 2 is 1.45 bits per heavy atom. The number of nitrogens with zero attached hydrogens (tertiary/aromatic N) is 7. The van der Waals surface area contributed by atoms with Gasteiger partial charge >= 0.3 is 0 Å². The van der Waals surface area contributed by atoms with E-state index in [1.165, 1.54) is 31.4 Å². The number of anilines is 4. The number of hydrogen-bond acceptors (Lipinski definition) is 8. The molecule has 0 spiro atoms. The van der Waals surface area contributed by atoms with Crippen LogP contribution < -0.4 is 15.1 Å². The molecule has 3 aliphatic rings. The number of benzene rings is 1. The number of hydrogen-bond donors (Lipinski definition) is 1. The van der Waals surface area contributed by atoms with Crippen molar-refractivity contribution in [3.63, 3.8) is 0 Å². The number of piperazine rings is 1. The van der Waals surface area contributed by atoms with E-state index < -0.39 is 0 Å². The highest BCUT2D eigenvalue weighted by molar-refractivity contribution is 5.65. The van der Waals surface area contributed by atoms with Crippen LogP contribution in [0.5, 0.6) is 0 Å². The Hall–Kier alpha value is -2.74. The van der Waals surface area contributed by atoms with Gasteiger partial charge in [-0.25, -0.2) is 4.98 Å². The second kappa shape index (κ2) is 9.18. The molecule has 31 heavy (non-hydrogen) atoms. The Morgan fingerprint density at radius 1 is 0.742 bits per heavy atom. The van der Waals surface area contributed by atoms with E-state index in [4.69, 9.17) is 9.97 Å². The molecule has 2 aromatic rings. The summed E-state index contributed by atoms with van der Waals surface area (Å²) in [5, 5.41) is 12.0. The molecule has 0 aliphatic carbocycles. The van der Waals surface area contributed by atoms with Gasteiger partial charge in [0.2, 0.25) is 5.95 Å². The lowest BCUT2D eigenvalue weighted by atomic mass is 10.1. The van der Waals surface area contributed by atoms with Gasteiger partial charge in [0.1, 0.15) is 12.4 Å². The summed E-state index contributed by atoms with van der Waals surface area (Å²) < 4.78 is 0. The van der Waals surface area contributed by atoms with Gasteiger partial charge in [-0.3, -0.25) is 0 Å². The zero-order valence-electron chi connectivity index (χ0n) is 18.4. The third kappa shape index (κ3) is 4.63. The van der Waals surface area contributed by atoms with Crippen LogP contribution in [0, 0.1) is 0 Å². The summed E-state index contributed by atoms with van der Waals surface area (Å²) in [4.78, 5) is 17.0. The molecule has 0 saturated carbocycles. The highest BCUT2D eigenvalue weighted by atomic mass is 15.3. The number of nitrogens with one attached hydrogen (secondary N) is 1. The molecular formula is C23H32N8. The molecule has 4 heterocycles. The van der Waals surface area contributed by atoms with Crippen LogP contribution in [0.4, 0.5) is 23.1 Å². The molecule has 2 saturated heterocycles. The Labute approximate surface area is 184 Å². The SMILES string of the molecule is CN1CCN(c2ccc(Nc3nc(N4CCCCCC4)nc4c3CN=NC4)cc2)CC1. The molecule has 0 amide bonds. The van der Waals surface area contributed by atoms with E-state index in [9.17, 15) is 0 Å². The number of fused-ring (bicyclic) bond motifs is 1. The van der Waals surface area contributed by atoms with Crippen LogP contribution in [-0.2, 0) is 13.1 Å². The molecule has 0 unspecified atom stereocenters. The van der Waals surface area contributed by atoms with Crippen molar-refractivity contribution >= 4 is 23.1 Å². The van der Waals surface area contributed by atoms with Crippen LogP contribution in [-0.4, -0.2) is 61.2 Å². The molecule has 164 valence electrons. The normalized spacial score (nSPS) is 19.8. The van der Waals surface area contributed by atoms with Crippen LogP contribution in [0.25, 0.3) is 0 Å². The maximum Gasteiger partial charge on any atom is 0.227 e. The maximum absolute atomic E-state index is 4.95. The first-order chi connectivity index (χ1) is 15.3. The molecular weight excluding hydrogens is 388 g/mol. The second-order valence-electron chi connectivity index (χ2n) is 8.76. The van der Waals surface area contributed by atoms with E-state index >= 15 is 0 Å². The molecule has 5 rings (SSSR count). The fourth-order valence-electron chi connectivity index (χ4n) is 4.52. The zero-order valence-corrected chi connectivity index (χ0v) is 18.4. The average molecular weight is 421 g/mol. The van der Waals surface area contributed by atoms with Crippen molar-refractivity contribution in [2.45, 2.75) is 38.8 Å². The number of rotatable bonds is 4. The number of likely N-dealkylation sites (N-methyl/N-ethyl adjacent to an activating group) is 1. The summed E-state index contributed by atoms with van der Waals surface area (Å²) >= 11 is 0. The Kier molecular flexibility index (Phi) is 5.97. The average Bonchev–Trinajstić information content (AvgIpc) is 3.10. The fourth-order valence-corrected chi connectivity index (χ4v) is 4.52. The molecule has 3 aliphatic heterocycles. The van der Waals surface area contributed by atoms with Crippen LogP contribution >= 0.6 is 0 Å². The highest BCUT2D eigenvalue weighted by Gasteiger charge is 2.21. The first-order valence-electron chi connectivity index (χ1n) is 11.5. The smallest absolute Gasteiger partial charge is 0.227 e. The van der Waals surface area contributed by atoms with E-state index in [1.807, 2.05) is 0 Å². The van der Waals surface area contributed by atoms with Gasteiger partial charge in [0, 0.05) is 56.2 Å². The van der Waals surface area contributed by atoms with Gasteiger partial charge in [-0.2, -0.15) is 15.2 Å². The van der Waals surface area contributed by atoms with Crippen molar-refractivity contribution in [2.75, 3.05) is 61.4 Å². The minimum atomic E-state index is 0.537. The first kappa shape index (κ1) is 20.2. The highest BCUT2D eigenvalue weighted by Crippen LogP contribution is 2.29. The van der Waals surface area contributed by atoms with Crippen LogP contribution in [0.1, 0.15) is 36.9 Å². The van der Waals surface area contributed by atoms with E-state index in [0.717, 1.165) is 68.0 Å². The lowest BCUT2D eigenvalue weighted by Crippen LogP contribution is -2.44. The quantitative estimate of drug-likeness (QED) is 0.811.